The second-order valence-corrected chi connectivity index (χ2v) is 3.61. The van der Waals surface area contributed by atoms with Crippen molar-refractivity contribution in [1.82, 2.24) is 0 Å². The molecular weight excluding hydrogens is 162 g/mol. The fraction of sp³-hybridized carbons (Fsp3) is 0.364. The number of benzene rings is 1. The van der Waals surface area contributed by atoms with Crippen LogP contribution in [0.4, 0.5) is 5.69 Å². The Morgan fingerprint density at radius 2 is 2.46 bits per heavy atom. The highest BCUT2D eigenvalue weighted by Crippen LogP contribution is 2.26. The summed E-state index contributed by atoms with van der Waals surface area (Å²) in [4.78, 5) is 10.3. The van der Waals surface area contributed by atoms with Gasteiger partial charge in [0.1, 0.15) is 6.29 Å². The van der Waals surface area contributed by atoms with Crippen molar-refractivity contribution < 1.29 is 4.79 Å². The molecule has 0 bridgehead atoms. The molecule has 0 saturated heterocycles. The second-order valence-electron chi connectivity index (χ2n) is 3.61. The summed E-state index contributed by atoms with van der Waals surface area (Å²) in [5.74, 6) is 0. The van der Waals surface area contributed by atoms with E-state index < -0.39 is 0 Å². The van der Waals surface area contributed by atoms with Gasteiger partial charge in [-0.1, -0.05) is 12.1 Å². The van der Waals surface area contributed by atoms with Crippen molar-refractivity contribution >= 4 is 12.0 Å². The Labute approximate surface area is 78.0 Å². The van der Waals surface area contributed by atoms with Gasteiger partial charge in [0, 0.05) is 18.2 Å². The molecule has 2 nitrogen and oxygen atoms in total. The van der Waals surface area contributed by atoms with Gasteiger partial charge in [0.2, 0.25) is 0 Å². The SMILES string of the molecule is CC1Cc2ccc(CC=O)cc2N1. The largest absolute Gasteiger partial charge is 0.382 e. The van der Waals surface area contributed by atoms with Crippen LogP contribution in [0.3, 0.4) is 0 Å². The van der Waals surface area contributed by atoms with Gasteiger partial charge in [0.15, 0.2) is 0 Å². The van der Waals surface area contributed by atoms with E-state index in [0.717, 1.165) is 18.3 Å². The van der Waals surface area contributed by atoms with Crippen molar-refractivity contribution in [3.8, 4) is 0 Å². The minimum absolute atomic E-state index is 0.517. The highest BCUT2D eigenvalue weighted by molar-refractivity contribution is 5.62. The molecule has 2 rings (SSSR count). The Kier molecular flexibility index (Phi) is 2.05. The van der Waals surface area contributed by atoms with E-state index in [1.807, 2.05) is 6.07 Å². The molecule has 1 atom stereocenters. The standard InChI is InChI=1S/C11H13NO/c1-8-6-10-3-2-9(4-5-13)7-11(10)12-8/h2-3,5,7-8,12H,4,6H2,1H3. The molecule has 0 amide bonds. The molecule has 68 valence electrons. The summed E-state index contributed by atoms with van der Waals surface area (Å²) in [7, 11) is 0. The molecule has 0 spiro atoms. The maximum atomic E-state index is 10.3. The lowest BCUT2D eigenvalue weighted by atomic mass is 10.1. The first-order valence-corrected chi connectivity index (χ1v) is 4.61. The summed E-state index contributed by atoms with van der Waals surface area (Å²) in [5.41, 5.74) is 3.66. The van der Waals surface area contributed by atoms with E-state index in [-0.39, 0.29) is 0 Å². The lowest BCUT2D eigenvalue weighted by Gasteiger charge is -2.03. The lowest BCUT2D eigenvalue weighted by Crippen LogP contribution is -2.08. The second kappa shape index (κ2) is 3.21. The maximum Gasteiger partial charge on any atom is 0.124 e. The molecule has 0 radical (unpaired) electrons. The number of aldehydes is 1. The molecule has 0 aliphatic carbocycles. The molecule has 2 heteroatoms. The molecule has 0 saturated carbocycles. The van der Waals surface area contributed by atoms with Crippen LogP contribution in [0.5, 0.6) is 0 Å². The van der Waals surface area contributed by atoms with E-state index in [1.165, 1.54) is 11.3 Å². The molecule has 0 fully saturated rings. The number of rotatable bonds is 2. The third-order valence-electron chi connectivity index (χ3n) is 2.42. The molecule has 1 heterocycles. The lowest BCUT2D eigenvalue weighted by molar-refractivity contribution is -0.107. The average molecular weight is 175 g/mol. The summed E-state index contributed by atoms with van der Waals surface area (Å²) < 4.78 is 0. The quantitative estimate of drug-likeness (QED) is 0.694. The summed E-state index contributed by atoms with van der Waals surface area (Å²) in [5, 5.41) is 3.38. The number of anilines is 1. The number of fused-ring (bicyclic) bond motifs is 1. The molecule has 1 aliphatic heterocycles. The van der Waals surface area contributed by atoms with Gasteiger partial charge in [0.25, 0.3) is 0 Å². The van der Waals surface area contributed by atoms with E-state index in [2.05, 4.69) is 24.4 Å². The number of hydrogen-bond donors (Lipinski definition) is 1. The van der Waals surface area contributed by atoms with Crippen LogP contribution in [-0.4, -0.2) is 12.3 Å². The third-order valence-corrected chi connectivity index (χ3v) is 2.42. The highest BCUT2D eigenvalue weighted by Gasteiger charge is 2.15. The summed E-state index contributed by atoms with van der Waals surface area (Å²) >= 11 is 0. The van der Waals surface area contributed by atoms with Crippen LogP contribution < -0.4 is 5.32 Å². The highest BCUT2D eigenvalue weighted by atomic mass is 16.1. The Morgan fingerprint density at radius 1 is 1.62 bits per heavy atom. The van der Waals surface area contributed by atoms with Crippen molar-refractivity contribution in [2.24, 2.45) is 0 Å². The fourth-order valence-corrected chi connectivity index (χ4v) is 1.81. The van der Waals surface area contributed by atoms with Gasteiger partial charge in [-0.25, -0.2) is 0 Å². The van der Waals surface area contributed by atoms with Crippen LogP contribution in [0.1, 0.15) is 18.1 Å². The fourth-order valence-electron chi connectivity index (χ4n) is 1.81. The van der Waals surface area contributed by atoms with Crippen LogP contribution >= 0.6 is 0 Å². The van der Waals surface area contributed by atoms with Gasteiger partial charge in [0.05, 0.1) is 0 Å². The van der Waals surface area contributed by atoms with Crippen molar-refractivity contribution in [3.63, 3.8) is 0 Å². The van der Waals surface area contributed by atoms with E-state index >= 15 is 0 Å². The van der Waals surface area contributed by atoms with E-state index in [9.17, 15) is 4.79 Å². The number of carbonyl (C=O) groups excluding carboxylic acids is 1. The van der Waals surface area contributed by atoms with Crippen molar-refractivity contribution in [3.05, 3.63) is 29.3 Å². The van der Waals surface area contributed by atoms with Crippen LogP contribution in [0.15, 0.2) is 18.2 Å². The Bertz CT molecular complexity index is 333. The predicted molar refractivity (Wildman–Crippen MR) is 53.0 cm³/mol. The van der Waals surface area contributed by atoms with Crippen molar-refractivity contribution in [2.45, 2.75) is 25.8 Å². The van der Waals surface area contributed by atoms with Crippen LogP contribution in [0, 0.1) is 0 Å². The Hall–Kier alpha value is -1.31. The predicted octanol–water partition coefficient (Wildman–Crippen LogP) is 1.78. The molecule has 1 aliphatic rings. The Morgan fingerprint density at radius 3 is 3.23 bits per heavy atom. The van der Waals surface area contributed by atoms with Gasteiger partial charge >= 0.3 is 0 Å². The van der Waals surface area contributed by atoms with Crippen molar-refractivity contribution in [1.29, 1.82) is 0 Å². The smallest absolute Gasteiger partial charge is 0.124 e. The van der Waals surface area contributed by atoms with Crippen LogP contribution in [0.25, 0.3) is 0 Å². The summed E-state index contributed by atoms with van der Waals surface area (Å²) in [6, 6.07) is 6.76. The van der Waals surface area contributed by atoms with E-state index in [4.69, 9.17) is 0 Å². The van der Waals surface area contributed by atoms with Gasteiger partial charge in [-0.3, -0.25) is 0 Å². The first kappa shape index (κ1) is 8.30. The zero-order valence-electron chi connectivity index (χ0n) is 7.71. The number of hydrogen-bond acceptors (Lipinski definition) is 2. The van der Waals surface area contributed by atoms with Crippen LogP contribution in [0.2, 0.25) is 0 Å². The number of carbonyl (C=O) groups is 1. The minimum Gasteiger partial charge on any atom is -0.382 e. The maximum absolute atomic E-state index is 10.3. The van der Waals surface area contributed by atoms with Crippen molar-refractivity contribution in [2.75, 3.05) is 5.32 Å². The molecule has 13 heavy (non-hydrogen) atoms. The molecule has 1 N–H and O–H groups in total. The number of nitrogens with one attached hydrogen (secondary N) is 1. The summed E-state index contributed by atoms with van der Waals surface area (Å²) in [6.07, 6.45) is 2.56. The zero-order valence-corrected chi connectivity index (χ0v) is 7.71. The monoisotopic (exact) mass is 175 g/mol. The first-order chi connectivity index (χ1) is 6.29. The molecule has 1 aromatic carbocycles. The van der Waals surface area contributed by atoms with Gasteiger partial charge in [-0.15, -0.1) is 0 Å². The molecule has 1 aromatic rings. The minimum atomic E-state index is 0.517. The third kappa shape index (κ3) is 1.57. The topological polar surface area (TPSA) is 29.1 Å². The van der Waals surface area contributed by atoms with Gasteiger partial charge < -0.3 is 10.1 Å². The molecular formula is C11H13NO. The normalized spacial score (nSPS) is 19.3. The van der Waals surface area contributed by atoms with E-state index in [1.54, 1.807) is 0 Å². The molecule has 1 unspecified atom stereocenters. The van der Waals surface area contributed by atoms with Gasteiger partial charge in [-0.05, 0) is 30.5 Å². The van der Waals surface area contributed by atoms with Gasteiger partial charge in [-0.2, -0.15) is 0 Å². The van der Waals surface area contributed by atoms with Crippen LogP contribution in [-0.2, 0) is 17.6 Å². The Balaban J connectivity index is 2.29. The zero-order chi connectivity index (χ0) is 9.26. The molecule has 0 aromatic heterocycles. The first-order valence-electron chi connectivity index (χ1n) is 4.61. The average Bonchev–Trinajstić information content (AvgIpc) is 2.44. The van der Waals surface area contributed by atoms with E-state index in [0.29, 0.717) is 12.5 Å². The summed E-state index contributed by atoms with van der Waals surface area (Å²) in [6.45, 7) is 2.17.